The van der Waals surface area contributed by atoms with E-state index < -0.39 is 0 Å². The van der Waals surface area contributed by atoms with Crippen LogP contribution in [0.2, 0.25) is 0 Å². The Morgan fingerprint density at radius 1 is 1.00 bits per heavy atom. The van der Waals surface area contributed by atoms with E-state index in [0.29, 0.717) is 6.61 Å². The van der Waals surface area contributed by atoms with Gasteiger partial charge in [-0.25, -0.2) is 0 Å². The molecular weight excluding hydrogens is 258 g/mol. The second-order valence-corrected chi connectivity index (χ2v) is 5.34. The van der Waals surface area contributed by atoms with Crippen molar-refractivity contribution in [3.63, 3.8) is 0 Å². The number of aryl methyl sites for hydroxylation is 2. The number of hydrogen-bond acceptors (Lipinski definition) is 2. The summed E-state index contributed by atoms with van der Waals surface area (Å²) in [5.74, 6) is 0.946. The number of benzene rings is 2. The number of nitrogens with one attached hydrogen (secondary N) is 1. The first kappa shape index (κ1) is 15.4. The summed E-state index contributed by atoms with van der Waals surface area (Å²) in [6, 6.07) is 16.8. The van der Waals surface area contributed by atoms with E-state index in [4.69, 9.17) is 4.74 Å². The lowest BCUT2D eigenvalue weighted by Crippen LogP contribution is -2.12. The standard InChI is InChI=1S/C19H25NO/c1-3-4-8-17-10-12-18(13-11-17)21-15-14-20-19-9-6-5-7-16(19)2/h5-7,9-13,20H,3-4,8,14-15H2,1-2H3. The summed E-state index contributed by atoms with van der Waals surface area (Å²) < 4.78 is 5.76. The Morgan fingerprint density at radius 2 is 1.76 bits per heavy atom. The van der Waals surface area contributed by atoms with Gasteiger partial charge in [0, 0.05) is 12.2 Å². The molecule has 0 radical (unpaired) electrons. The second kappa shape index (κ2) is 8.35. The SMILES string of the molecule is CCCCc1ccc(OCCNc2ccccc2C)cc1. The van der Waals surface area contributed by atoms with Gasteiger partial charge in [0.05, 0.1) is 0 Å². The molecule has 0 heterocycles. The monoisotopic (exact) mass is 283 g/mol. The Hall–Kier alpha value is -1.96. The number of para-hydroxylation sites is 1. The second-order valence-electron chi connectivity index (χ2n) is 5.34. The van der Waals surface area contributed by atoms with Gasteiger partial charge in [0.25, 0.3) is 0 Å². The molecular formula is C19H25NO. The Bertz CT molecular complexity index is 534. The molecule has 2 aromatic rings. The maximum Gasteiger partial charge on any atom is 0.119 e. The largest absolute Gasteiger partial charge is 0.492 e. The van der Waals surface area contributed by atoms with E-state index in [1.807, 2.05) is 6.07 Å². The quantitative estimate of drug-likeness (QED) is 0.701. The molecule has 2 heteroatoms. The molecule has 2 nitrogen and oxygen atoms in total. The zero-order chi connectivity index (χ0) is 14.9. The average Bonchev–Trinajstić information content (AvgIpc) is 2.52. The van der Waals surface area contributed by atoms with Gasteiger partial charge in [-0.05, 0) is 49.1 Å². The Kier molecular flexibility index (Phi) is 6.14. The highest BCUT2D eigenvalue weighted by molar-refractivity contribution is 5.50. The third-order valence-corrected chi connectivity index (χ3v) is 3.57. The van der Waals surface area contributed by atoms with Crippen molar-refractivity contribution in [2.45, 2.75) is 33.1 Å². The van der Waals surface area contributed by atoms with Crippen LogP contribution in [0, 0.1) is 6.92 Å². The summed E-state index contributed by atoms with van der Waals surface area (Å²) in [5, 5.41) is 3.40. The van der Waals surface area contributed by atoms with Gasteiger partial charge in [-0.3, -0.25) is 0 Å². The predicted octanol–water partition coefficient (Wildman–Crippen LogP) is 4.83. The zero-order valence-corrected chi connectivity index (χ0v) is 13.1. The normalized spacial score (nSPS) is 10.4. The van der Waals surface area contributed by atoms with Crippen molar-refractivity contribution in [1.29, 1.82) is 0 Å². The van der Waals surface area contributed by atoms with E-state index >= 15 is 0 Å². The molecule has 0 aromatic heterocycles. The first-order valence-corrected chi connectivity index (χ1v) is 7.81. The lowest BCUT2D eigenvalue weighted by molar-refractivity contribution is 0.333. The average molecular weight is 283 g/mol. The van der Waals surface area contributed by atoms with Crippen LogP contribution in [-0.4, -0.2) is 13.2 Å². The number of hydrogen-bond donors (Lipinski definition) is 1. The van der Waals surface area contributed by atoms with Gasteiger partial charge in [-0.15, -0.1) is 0 Å². The molecule has 1 N–H and O–H groups in total. The summed E-state index contributed by atoms with van der Waals surface area (Å²) in [7, 11) is 0. The van der Waals surface area contributed by atoms with Crippen LogP contribution in [0.4, 0.5) is 5.69 Å². The number of rotatable bonds is 8. The van der Waals surface area contributed by atoms with Gasteiger partial charge < -0.3 is 10.1 Å². The first-order valence-electron chi connectivity index (χ1n) is 7.81. The molecule has 0 fully saturated rings. The van der Waals surface area contributed by atoms with Gasteiger partial charge >= 0.3 is 0 Å². The minimum absolute atomic E-state index is 0.669. The van der Waals surface area contributed by atoms with E-state index in [-0.39, 0.29) is 0 Å². The Labute approximate surface area is 128 Å². The van der Waals surface area contributed by atoms with Crippen LogP contribution >= 0.6 is 0 Å². The van der Waals surface area contributed by atoms with Crippen LogP contribution in [0.15, 0.2) is 48.5 Å². The van der Waals surface area contributed by atoms with E-state index in [2.05, 4.69) is 61.6 Å². The predicted molar refractivity (Wildman–Crippen MR) is 90.2 cm³/mol. The van der Waals surface area contributed by atoms with Gasteiger partial charge in [0.15, 0.2) is 0 Å². The highest BCUT2D eigenvalue weighted by atomic mass is 16.5. The topological polar surface area (TPSA) is 21.3 Å². The maximum atomic E-state index is 5.76. The molecule has 0 aliphatic rings. The minimum Gasteiger partial charge on any atom is -0.492 e. The van der Waals surface area contributed by atoms with Crippen molar-refractivity contribution in [3.8, 4) is 5.75 Å². The first-order chi connectivity index (χ1) is 10.3. The van der Waals surface area contributed by atoms with Crippen LogP contribution in [-0.2, 0) is 6.42 Å². The number of ether oxygens (including phenoxy) is 1. The lowest BCUT2D eigenvalue weighted by Gasteiger charge is -2.11. The molecule has 0 unspecified atom stereocenters. The van der Waals surface area contributed by atoms with Crippen molar-refractivity contribution < 1.29 is 4.74 Å². The number of unbranched alkanes of at least 4 members (excludes halogenated alkanes) is 1. The molecule has 2 rings (SSSR count). The minimum atomic E-state index is 0.669. The third kappa shape index (κ3) is 5.14. The van der Waals surface area contributed by atoms with Crippen molar-refractivity contribution in [2.24, 2.45) is 0 Å². The summed E-state index contributed by atoms with van der Waals surface area (Å²) in [6.07, 6.45) is 3.65. The highest BCUT2D eigenvalue weighted by Gasteiger charge is 1.97. The fraction of sp³-hybridized carbons (Fsp3) is 0.368. The van der Waals surface area contributed by atoms with Crippen LogP contribution in [0.25, 0.3) is 0 Å². The molecule has 0 amide bonds. The maximum absolute atomic E-state index is 5.76. The molecule has 0 saturated carbocycles. The highest BCUT2D eigenvalue weighted by Crippen LogP contribution is 2.15. The molecule has 0 aliphatic carbocycles. The van der Waals surface area contributed by atoms with Crippen molar-refractivity contribution in [2.75, 3.05) is 18.5 Å². The van der Waals surface area contributed by atoms with Crippen LogP contribution in [0.5, 0.6) is 5.75 Å². The van der Waals surface area contributed by atoms with Gasteiger partial charge in [0.1, 0.15) is 12.4 Å². The molecule has 2 aromatic carbocycles. The fourth-order valence-electron chi connectivity index (χ4n) is 2.26. The fourth-order valence-corrected chi connectivity index (χ4v) is 2.26. The molecule has 0 saturated heterocycles. The molecule has 0 bridgehead atoms. The molecule has 0 spiro atoms. The molecule has 0 atom stereocenters. The van der Waals surface area contributed by atoms with Crippen LogP contribution in [0.1, 0.15) is 30.9 Å². The summed E-state index contributed by atoms with van der Waals surface area (Å²) in [6.45, 7) is 5.81. The summed E-state index contributed by atoms with van der Waals surface area (Å²) in [4.78, 5) is 0. The van der Waals surface area contributed by atoms with E-state index in [0.717, 1.165) is 18.7 Å². The number of anilines is 1. The van der Waals surface area contributed by atoms with Gasteiger partial charge in [-0.2, -0.15) is 0 Å². The summed E-state index contributed by atoms with van der Waals surface area (Å²) in [5.41, 5.74) is 3.83. The van der Waals surface area contributed by atoms with E-state index in [1.54, 1.807) is 0 Å². The van der Waals surface area contributed by atoms with Crippen LogP contribution in [0.3, 0.4) is 0 Å². The molecule has 0 aliphatic heterocycles. The van der Waals surface area contributed by atoms with Crippen LogP contribution < -0.4 is 10.1 Å². The third-order valence-electron chi connectivity index (χ3n) is 3.57. The van der Waals surface area contributed by atoms with Crippen molar-refractivity contribution in [3.05, 3.63) is 59.7 Å². The Balaban J connectivity index is 1.72. The van der Waals surface area contributed by atoms with Gasteiger partial charge in [-0.1, -0.05) is 43.7 Å². The van der Waals surface area contributed by atoms with E-state index in [9.17, 15) is 0 Å². The van der Waals surface area contributed by atoms with Crippen molar-refractivity contribution >= 4 is 5.69 Å². The summed E-state index contributed by atoms with van der Waals surface area (Å²) >= 11 is 0. The lowest BCUT2D eigenvalue weighted by atomic mass is 10.1. The van der Waals surface area contributed by atoms with E-state index in [1.165, 1.54) is 29.7 Å². The molecule has 21 heavy (non-hydrogen) atoms. The Morgan fingerprint density at radius 3 is 2.48 bits per heavy atom. The smallest absolute Gasteiger partial charge is 0.119 e. The van der Waals surface area contributed by atoms with Crippen molar-refractivity contribution in [1.82, 2.24) is 0 Å². The van der Waals surface area contributed by atoms with Gasteiger partial charge in [0.2, 0.25) is 0 Å². The molecule has 112 valence electrons. The zero-order valence-electron chi connectivity index (χ0n) is 13.1.